The van der Waals surface area contributed by atoms with Crippen molar-refractivity contribution < 1.29 is 0 Å². The molecule has 3 nitrogen and oxygen atoms in total. The van der Waals surface area contributed by atoms with Crippen LogP contribution in [0.25, 0.3) is 10.7 Å². The summed E-state index contributed by atoms with van der Waals surface area (Å²) in [6.07, 6.45) is 5.63. The molecular weight excluding hydrogens is 266 g/mol. The van der Waals surface area contributed by atoms with E-state index < -0.39 is 0 Å². The van der Waals surface area contributed by atoms with Crippen molar-refractivity contribution in [3.8, 4) is 10.7 Å². The molecule has 5 heteroatoms. The number of nitrogen functional groups attached to an aromatic ring is 1. The van der Waals surface area contributed by atoms with Gasteiger partial charge in [-0.1, -0.05) is 18.0 Å². The topological polar surface area (TPSA) is 51.8 Å². The number of aromatic nitrogens is 2. The smallest absolute Gasteiger partial charge is 0.171 e. The van der Waals surface area contributed by atoms with Gasteiger partial charge in [-0.15, -0.1) is 11.3 Å². The van der Waals surface area contributed by atoms with E-state index in [0.717, 1.165) is 33.3 Å². The number of hydrogen-bond donors (Lipinski definition) is 1. The normalized spacial score (nSPS) is 15.2. The number of anilines is 1. The Labute approximate surface area is 115 Å². The predicted octanol–water partition coefficient (Wildman–Crippen LogP) is 3.71. The van der Waals surface area contributed by atoms with E-state index in [0.29, 0.717) is 11.6 Å². The minimum atomic E-state index is 0.640. The summed E-state index contributed by atoms with van der Waals surface area (Å²) in [4.78, 5) is 10.1. The molecule has 0 bridgehead atoms. The second kappa shape index (κ2) is 4.86. The third-order valence-corrected chi connectivity index (χ3v) is 4.49. The van der Waals surface area contributed by atoms with Gasteiger partial charge in [0.1, 0.15) is 5.82 Å². The van der Waals surface area contributed by atoms with Crippen LogP contribution in [0.4, 0.5) is 5.82 Å². The van der Waals surface area contributed by atoms with Gasteiger partial charge in [0.2, 0.25) is 0 Å². The highest BCUT2D eigenvalue weighted by Crippen LogP contribution is 2.31. The lowest BCUT2D eigenvalue weighted by Gasteiger charge is -2.09. The summed E-state index contributed by atoms with van der Waals surface area (Å²) in [5, 5.41) is 0. The second-order valence-corrected chi connectivity index (χ2v) is 6.24. The first kappa shape index (κ1) is 11.9. The Kier molecular flexibility index (Phi) is 3.22. The maximum atomic E-state index is 6.08. The Morgan fingerprint density at radius 1 is 1.11 bits per heavy atom. The van der Waals surface area contributed by atoms with Crippen LogP contribution in [0.3, 0.4) is 0 Å². The average molecular weight is 280 g/mol. The van der Waals surface area contributed by atoms with E-state index in [9.17, 15) is 0 Å². The van der Waals surface area contributed by atoms with Gasteiger partial charge >= 0.3 is 0 Å². The van der Waals surface area contributed by atoms with E-state index in [1.165, 1.54) is 30.6 Å². The fourth-order valence-electron chi connectivity index (χ4n) is 2.34. The molecular formula is C13H14ClN3S. The zero-order valence-electron chi connectivity index (χ0n) is 9.95. The molecule has 94 valence electrons. The van der Waals surface area contributed by atoms with Crippen molar-refractivity contribution in [3.05, 3.63) is 27.7 Å². The molecule has 18 heavy (non-hydrogen) atoms. The molecule has 2 N–H and O–H groups in total. The Hall–Kier alpha value is -1.13. The fourth-order valence-corrected chi connectivity index (χ4v) is 3.32. The molecule has 0 radical (unpaired) electrons. The Balaban J connectivity index is 2.07. The highest BCUT2D eigenvalue weighted by molar-refractivity contribution is 7.19. The van der Waals surface area contributed by atoms with Gasteiger partial charge in [0.05, 0.1) is 9.21 Å². The van der Waals surface area contributed by atoms with E-state index in [-0.39, 0.29) is 0 Å². The van der Waals surface area contributed by atoms with Crippen LogP contribution in [0.1, 0.15) is 30.5 Å². The van der Waals surface area contributed by atoms with Crippen LogP contribution in [0.15, 0.2) is 12.1 Å². The van der Waals surface area contributed by atoms with E-state index in [1.807, 2.05) is 12.1 Å². The Morgan fingerprint density at radius 2 is 1.94 bits per heavy atom. The summed E-state index contributed by atoms with van der Waals surface area (Å²) in [6.45, 7) is 0. The Bertz CT molecular complexity index is 580. The van der Waals surface area contributed by atoms with Crippen molar-refractivity contribution in [2.75, 3.05) is 5.73 Å². The number of hydrogen-bond acceptors (Lipinski definition) is 4. The molecule has 0 unspecified atom stereocenters. The summed E-state index contributed by atoms with van der Waals surface area (Å²) < 4.78 is 0.752. The monoisotopic (exact) mass is 279 g/mol. The van der Waals surface area contributed by atoms with Crippen molar-refractivity contribution in [1.82, 2.24) is 9.97 Å². The second-order valence-electron chi connectivity index (χ2n) is 4.52. The number of nitrogens with two attached hydrogens (primary N) is 1. The standard InChI is InChI=1S/C13H14ClN3S/c14-11-7-6-10(18-11)13-16-9-5-3-1-2-4-8(9)12(15)17-13/h6-7H,1-5H2,(H2,15,16,17). The summed E-state index contributed by atoms with van der Waals surface area (Å²) in [6, 6.07) is 3.82. The fraction of sp³-hybridized carbons (Fsp3) is 0.385. The van der Waals surface area contributed by atoms with Crippen LogP contribution < -0.4 is 5.73 Å². The van der Waals surface area contributed by atoms with Gasteiger partial charge in [-0.2, -0.15) is 0 Å². The van der Waals surface area contributed by atoms with Crippen molar-refractivity contribution >= 4 is 28.8 Å². The number of fused-ring (bicyclic) bond motifs is 1. The highest BCUT2D eigenvalue weighted by atomic mass is 35.5. The lowest BCUT2D eigenvalue weighted by molar-refractivity contribution is 0.709. The van der Waals surface area contributed by atoms with Gasteiger partial charge in [-0.3, -0.25) is 0 Å². The van der Waals surface area contributed by atoms with Gasteiger partial charge in [0.25, 0.3) is 0 Å². The van der Waals surface area contributed by atoms with Crippen molar-refractivity contribution in [2.45, 2.75) is 32.1 Å². The lowest BCUT2D eigenvalue weighted by Crippen LogP contribution is -2.06. The highest BCUT2D eigenvalue weighted by Gasteiger charge is 2.16. The Morgan fingerprint density at radius 3 is 2.72 bits per heavy atom. The van der Waals surface area contributed by atoms with E-state index in [2.05, 4.69) is 9.97 Å². The van der Waals surface area contributed by atoms with Gasteiger partial charge in [-0.05, 0) is 37.8 Å². The summed E-state index contributed by atoms with van der Waals surface area (Å²) in [5.74, 6) is 1.35. The molecule has 0 saturated carbocycles. The van der Waals surface area contributed by atoms with Crippen molar-refractivity contribution in [2.24, 2.45) is 0 Å². The molecule has 0 fully saturated rings. The van der Waals surface area contributed by atoms with Crippen LogP contribution in [0.5, 0.6) is 0 Å². The molecule has 0 aliphatic heterocycles. The third kappa shape index (κ3) is 2.22. The van der Waals surface area contributed by atoms with Gasteiger partial charge in [0, 0.05) is 11.3 Å². The number of halogens is 1. The minimum Gasteiger partial charge on any atom is -0.383 e. The van der Waals surface area contributed by atoms with E-state index in [4.69, 9.17) is 17.3 Å². The molecule has 2 aromatic heterocycles. The number of aryl methyl sites for hydroxylation is 1. The molecule has 0 spiro atoms. The van der Waals surface area contributed by atoms with E-state index in [1.54, 1.807) is 0 Å². The number of nitrogens with zero attached hydrogens (tertiary/aromatic N) is 2. The summed E-state index contributed by atoms with van der Waals surface area (Å²) in [5.41, 5.74) is 8.35. The largest absolute Gasteiger partial charge is 0.383 e. The molecule has 1 aliphatic carbocycles. The third-order valence-electron chi connectivity index (χ3n) is 3.26. The van der Waals surface area contributed by atoms with E-state index >= 15 is 0 Å². The first-order valence-corrected chi connectivity index (χ1v) is 7.34. The van der Waals surface area contributed by atoms with Gasteiger partial charge in [0.15, 0.2) is 5.82 Å². The summed E-state index contributed by atoms with van der Waals surface area (Å²) >= 11 is 7.44. The number of rotatable bonds is 1. The zero-order valence-corrected chi connectivity index (χ0v) is 11.5. The average Bonchev–Trinajstić information content (AvgIpc) is 2.63. The van der Waals surface area contributed by atoms with Gasteiger partial charge in [-0.25, -0.2) is 9.97 Å². The molecule has 0 atom stereocenters. The van der Waals surface area contributed by atoms with Crippen molar-refractivity contribution in [1.29, 1.82) is 0 Å². The molecule has 0 aromatic carbocycles. The van der Waals surface area contributed by atoms with Crippen LogP contribution in [0.2, 0.25) is 4.34 Å². The predicted molar refractivity (Wildman–Crippen MR) is 76.0 cm³/mol. The van der Waals surface area contributed by atoms with Crippen LogP contribution in [-0.4, -0.2) is 9.97 Å². The quantitative estimate of drug-likeness (QED) is 0.810. The maximum absolute atomic E-state index is 6.08. The molecule has 1 aliphatic rings. The molecule has 0 saturated heterocycles. The van der Waals surface area contributed by atoms with Crippen molar-refractivity contribution in [3.63, 3.8) is 0 Å². The number of thiophene rings is 1. The molecule has 3 rings (SSSR count). The van der Waals surface area contributed by atoms with Crippen LogP contribution in [-0.2, 0) is 12.8 Å². The van der Waals surface area contributed by atoms with Crippen LogP contribution in [0, 0.1) is 0 Å². The molecule has 0 amide bonds. The SMILES string of the molecule is Nc1nc(-c2ccc(Cl)s2)nc2c1CCCCC2. The molecule has 2 aromatic rings. The first-order chi connectivity index (χ1) is 8.74. The maximum Gasteiger partial charge on any atom is 0.171 e. The minimum absolute atomic E-state index is 0.640. The first-order valence-electron chi connectivity index (χ1n) is 6.15. The van der Waals surface area contributed by atoms with Gasteiger partial charge < -0.3 is 5.73 Å². The summed E-state index contributed by atoms with van der Waals surface area (Å²) in [7, 11) is 0. The lowest BCUT2D eigenvalue weighted by atomic mass is 10.1. The zero-order chi connectivity index (χ0) is 12.5. The van der Waals surface area contributed by atoms with Crippen LogP contribution >= 0.6 is 22.9 Å². The molecule has 2 heterocycles.